The molecule has 19 heteroatoms. The van der Waals surface area contributed by atoms with Crippen LogP contribution in [0.15, 0.2) is 97.2 Å². The molecule has 1 fully saturated rings. The lowest BCUT2D eigenvalue weighted by atomic mass is 9.85. The van der Waals surface area contributed by atoms with Gasteiger partial charge in [0.1, 0.15) is 43.2 Å². The number of esters is 2. The van der Waals surface area contributed by atoms with E-state index in [-0.39, 0.29) is 18.9 Å². The Kier molecular flexibility index (Phi) is 35.7. The van der Waals surface area contributed by atoms with Crippen molar-refractivity contribution in [2.24, 2.45) is 0 Å². The van der Waals surface area contributed by atoms with Crippen molar-refractivity contribution in [2.45, 2.75) is 185 Å². The molecule has 0 aromatic carbocycles. The first-order valence-electron chi connectivity index (χ1n) is 23.8. The minimum absolute atomic E-state index is 0.0155. The van der Waals surface area contributed by atoms with Crippen molar-refractivity contribution in [3.63, 3.8) is 0 Å². The molecule has 0 aliphatic heterocycles. The fraction of sp³-hybridized carbons (Fsp3) is 0.633. The van der Waals surface area contributed by atoms with E-state index in [1.54, 1.807) is 6.92 Å². The van der Waals surface area contributed by atoms with Gasteiger partial charge in [0.2, 0.25) is 0 Å². The molecule has 1 aliphatic carbocycles. The summed E-state index contributed by atoms with van der Waals surface area (Å²) in [6.07, 6.45) is 32.2. The van der Waals surface area contributed by atoms with Crippen molar-refractivity contribution in [2.75, 3.05) is 13.2 Å². The van der Waals surface area contributed by atoms with Crippen LogP contribution in [0, 0.1) is 0 Å². The normalized spacial score (nSPS) is 22.6. The number of hydrogen-bond donors (Lipinski definition) is 8. The van der Waals surface area contributed by atoms with Crippen molar-refractivity contribution < 1.29 is 82.0 Å². The average Bonchev–Trinajstić information content (AvgIpc) is 3.28. The summed E-state index contributed by atoms with van der Waals surface area (Å²) >= 11 is 0. The Morgan fingerprint density at radius 1 is 0.529 bits per heavy atom. The molecule has 5 unspecified atom stereocenters. The predicted octanol–water partition coefficient (Wildman–Crippen LogP) is 8.14. The number of phosphoric acid groups is 2. The van der Waals surface area contributed by atoms with Crippen LogP contribution < -0.4 is 0 Å². The fourth-order valence-corrected chi connectivity index (χ4v) is 7.98. The number of aliphatic hydroxyl groups excluding tert-OH is 5. The maximum Gasteiger partial charge on any atom is 0.472 e. The molecule has 1 aliphatic rings. The van der Waals surface area contributed by atoms with Gasteiger partial charge < -0.3 is 49.7 Å². The van der Waals surface area contributed by atoms with Crippen molar-refractivity contribution in [3.8, 4) is 0 Å². The van der Waals surface area contributed by atoms with Gasteiger partial charge in [-0.15, -0.1) is 0 Å². The Morgan fingerprint density at radius 3 is 1.38 bits per heavy atom. The molecular formula is C49H80O17P2. The number of hydrogen-bond acceptors (Lipinski definition) is 14. The van der Waals surface area contributed by atoms with Crippen molar-refractivity contribution in [1.29, 1.82) is 0 Å². The molecule has 8 N–H and O–H groups in total. The van der Waals surface area contributed by atoms with Crippen LogP contribution in [0.1, 0.15) is 136 Å². The van der Waals surface area contributed by atoms with Crippen molar-refractivity contribution in [3.05, 3.63) is 97.2 Å². The van der Waals surface area contributed by atoms with Crippen LogP contribution in [0.5, 0.6) is 0 Å². The van der Waals surface area contributed by atoms with Gasteiger partial charge in [0.05, 0.1) is 12.7 Å². The summed E-state index contributed by atoms with van der Waals surface area (Å²) in [5.41, 5.74) is 0. The van der Waals surface area contributed by atoms with E-state index in [2.05, 4.69) is 72.2 Å². The molecule has 17 nitrogen and oxygen atoms in total. The minimum Gasteiger partial charge on any atom is -0.462 e. The van der Waals surface area contributed by atoms with Crippen molar-refractivity contribution >= 4 is 27.6 Å². The highest BCUT2D eigenvalue weighted by molar-refractivity contribution is 7.47. The number of ether oxygens (including phenoxy) is 2. The number of allylic oxidation sites excluding steroid dienone is 16. The largest absolute Gasteiger partial charge is 0.472 e. The van der Waals surface area contributed by atoms with Gasteiger partial charge >= 0.3 is 27.6 Å². The van der Waals surface area contributed by atoms with Gasteiger partial charge in [-0.25, -0.2) is 9.13 Å². The Morgan fingerprint density at radius 2 is 0.941 bits per heavy atom. The van der Waals surface area contributed by atoms with Crippen LogP contribution in [-0.4, -0.2) is 114 Å². The smallest absolute Gasteiger partial charge is 0.462 e. The van der Waals surface area contributed by atoms with Gasteiger partial charge in [-0.1, -0.05) is 117 Å². The molecule has 0 heterocycles. The Balaban J connectivity index is 2.68. The highest BCUT2D eigenvalue weighted by Crippen LogP contribution is 2.49. The van der Waals surface area contributed by atoms with E-state index in [9.17, 15) is 58.9 Å². The maximum absolute atomic E-state index is 13.0. The van der Waals surface area contributed by atoms with Gasteiger partial charge in [-0.05, 0) is 103 Å². The molecule has 1 rings (SSSR count). The lowest BCUT2D eigenvalue weighted by Crippen LogP contribution is -2.64. The van der Waals surface area contributed by atoms with Crippen LogP contribution >= 0.6 is 15.6 Å². The number of phosphoric ester groups is 2. The van der Waals surface area contributed by atoms with Crippen LogP contribution in [0.3, 0.4) is 0 Å². The first-order valence-corrected chi connectivity index (χ1v) is 26.8. The number of unbranched alkanes of at least 4 members (excludes halogenated alkanes) is 6. The van der Waals surface area contributed by atoms with Crippen LogP contribution in [0.25, 0.3) is 0 Å². The summed E-state index contributed by atoms with van der Waals surface area (Å²) in [4.78, 5) is 54.2. The van der Waals surface area contributed by atoms with Gasteiger partial charge in [0.15, 0.2) is 6.10 Å². The van der Waals surface area contributed by atoms with Crippen molar-refractivity contribution in [1.82, 2.24) is 0 Å². The molecule has 1 saturated carbocycles. The number of aliphatic hydroxyl groups is 5. The van der Waals surface area contributed by atoms with Gasteiger partial charge in [-0.3, -0.25) is 23.2 Å². The van der Waals surface area contributed by atoms with Crippen LogP contribution in [0.2, 0.25) is 0 Å². The van der Waals surface area contributed by atoms with Crippen LogP contribution in [0.4, 0.5) is 0 Å². The first kappa shape index (κ1) is 62.9. The van der Waals surface area contributed by atoms with E-state index in [0.29, 0.717) is 32.1 Å². The highest BCUT2D eigenvalue weighted by Gasteiger charge is 2.54. The Bertz CT molecular complexity index is 1700. The van der Waals surface area contributed by atoms with Gasteiger partial charge in [0, 0.05) is 12.8 Å². The second-order valence-corrected chi connectivity index (χ2v) is 19.0. The highest BCUT2D eigenvalue weighted by atomic mass is 31.2. The van der Waals surface area contributed by atoms with E-state index in [1.165, 1.54) is 19.3 Å². The molecule has 388 valence electrons. The quantitative estimate of drug-likeness (QED) is 0.0125. The molecule has 0 amide bonds. The summed E-state index contributed by atoms with van der Waals surface area (Å²) in [5.74, 6) is -1.36. The van der Waals surface area contributed by atoms with E-state index in [0.717, 1.165) is 57.8 Å². The summed E-state index contributed by atoms with van der Waals surface area (Å²) in [7, 11) is -10.7. The first-order chi connectivity index (χ1) is 32.5. The fourth-order valence-electron chi connectivity index (χ4n) is 6.44. The summed E-state index contributed by atoms with van der Waals surface area (Å²) in [6.45, 7) is 2.53. The molecule has 0 saturated heterocycles. The van der Waals surface area contributed by atoms with E-state index >= 15 is 0 Å². The third kappa shape index (κ3) is 33.4. The number of carbonyl (C=O) groups is 2. The molecule has 0 aromatic heterocycles. The van der Waals surface area contributed by atoms with Gasteiger partial charge in [0.25, 0.3) is 0 Å². The molecule has 68 heavy (non-hydrogen) atoms. The number of rotatable bonds is 38. The molecular weight excluding hydrogens is 922 g/mol. The summed E-state index contributed by atoms with van der Waals surface area (Å²) in [6, 6.07) is 0. The maximum atomic E-state index is 13.0. The number of carbonyl (C=O) groups excluding carboxylic acids is 2. The average molecular weight is 1000 g/mol. The summed E-state index contributed by atoms with van der Waals surface area (Å²) in [5, 5.41) is 50.5. The van der Waals surface area contributed by atoms with E-state index in [4.69, 9.17) is 18.5 Å². The third-order valence-electron chi connectivity index (χ3n) is 10.1. The second-order valence-electron chi connectivity index (χ2n) is 16.4. The topological polar surface area (TPSA) is 276 Å². The standard InChI is InChI=1S/C49H80O17P2/c1-3-4-5-6-7-8-9-10-11-12-15-19-22-25-28-31-34-37-43(52)64-41(39-63-68(60,61)66-49-46(55)44(53)45(54)48(47(49)56)65-67(57,58)59)38-62-42(51)36-33-30-27-24-21-18-16-13-14-17-20-23-26-29-32-35-40(2)50/h7-8,10-11,14-19,23-28,40-41,44-50,53-56H,3-6,9,12-13,20-22,29-39H2,1-2H3,(H,60,61)(H2,57,58,59)/b8-7-,11-10-,17-14-,18-16-,19-15-,26-23-,27-24-,28-25-/t40-,41-,44?,45?,46?,47?,48-,49+/m1/s1. The Labute approximate surface area is 403 Å². The minimum atomic E-state index is -5.38. The lowest BCUT2D eigenvalue weighted by Gasteiger charge is -2.43. The van der Waals surface area contributed by atoms with E-state index in [1.807, 2.05) is 36.5 Å². The predicted molar refractivity (Wildman–Crippen MR) is 261 cm³/mol. The lowest BCUT2D eigenvalue weighted by molar-refractivity contribution is -0.216. The second kappa shape index (κ2) is 38.6. The Hall–Kier alpha value is -3.12. The van der Waals surface area contributed by atoms with E-state index < -0.39 is 83.5 Å². The third-order valence-corrected chi connectivity index (χ3v) is 11.7. The zero-order chi connectivity index (χ0) is 50.5. The molecule has 0 aromatic rings. The molecule has 0 bridgehead atoms. The van der Waals surface area contributed by atoms with Gasteiger partial charge in [-0.2, -0.15) is 0 Å². The van der Waals surface area contributed by atoms with Crippen LogP contribution in [-0.2, 0) is 41.8 Å². The monoisotopic (exact) mass is 1000 g/mol. The molecule has 0 radical (unpaired) electrons. The zero-order valence-electron chi connectivity index (χ0n) is 39.9. The molecule has 9 atom stereocenters. The zero-order valence-corrected chi connectivity index (χ0v) is 41.6. The summed E-state index contributed by atoms with van der Waals surface area (Å²) < 4.78 is 49.2. The SMILES string of the molecule is CCCCC/C=C\C/C=C\C/C=C\C/C=C\CCCC(=O)O[C@H](COC(=O)CCC/C=C\C/C=C\C/C=C\C/C=C\CCC[C@@H](C)O)COP(=O)(O)O[C@H]1C(O)C(O)C(O)[C@@H](OP(=O)(O)O)C1O. The molecule has 0 spiro atoms.